The number of hydrogen-bond donors (Lipinski definition) is 2. The second kappa shape index (κ2) is 7.34. The van der Waals surface area contributed by atoms with Gasteiger partial charge >= 0.3 is 0 Å². The lowest BCUT2D eigenvalue weighted by atomic mass is 9.86. The standard InChI is InChI=1S/C17H19N3O2S/c1-10(2)11-3-5-12(6-4-11)13-7-16(22)20-17(14(13)8-18)23-9-15(19)21/h3-6,10,13H,7,9H2,1-2H3,(H2,19,21)(H,20,22)/t13-/m0/s1. The van der Waals surface area contributed by atoms with Crippen molar-refractivity contribution < 1.29 is 9.59 Å². The topological polar surface area (TPSA) is 96.0 Å². The molecule has 1 aliphatic heterocycles. The summed E-state index contributed by atoms with van der Waals surface area (Å²) in [6.07, 6.45) is 0.227. The Balaban J connectivity index is 2.34. The summed E-state index contributed by atoms with van der Waals surface area (Å²) in [5, 5.41) is 12.6. The van der Waals surface area contributed by atoms with Gasteiger partial charge in [-0.05, 0) is 17.0 Å². The third kappa shape index (κ3) is 4.14. The van der Waals surface area contributed by atoms with E-state index in [1.54, 1.807) is 0 Å². The average molecular weight is 329 g/mol. The van der Waals surface area contributed by atoms with E-state index in [4.69, 9.17) is 5.73 Å². The fourth-order valence-corrected chi connectivity index (χ4v) is 3.29. The van der Waals surface area contributed by atoms with Gasteiger partial charge in [-0.25, -0.2) is 0 Å². The highest BCUT2D eigenvalue weighted by atomic mass is 32.2. The molecule has 3 N–H and O–H groups in total. The number of thioether (sulfide) groups is 1. The highest BCUT2D eigenvalue weighted by Crippen LogP contribution is 2.36. The molecule has 0 aromatic heterocycles. The van der Waals surface area contributed by atoms with E-state index in [9.17, 15) is 14.9 Å². The molecule has 0 saturated heterocycles. The minimum absolute atomic E-state index is 0.0276. The molecule has 1 aliphatic rings. The van der Waals surface area contributed by atoms with E-state index >= 15 is 0 Å². The molecule has 1 aromatic carbocycles. The van der Waals surface area contributed by atoms with E-state index in [2.05, 4.69) is 25.2 Å². The van der Waals surface area contributed by atoms with E-state index < -0.39 is 5.91 Å². The van der Waals surface area contributed by atoms with Crippen molar-refractivity contribution in [3.63, 3.8) is 0 Å². The van der Waals surface area contributed by atoms with Crippen LogP contribution >= 0.6 is 11.8 Å². The van der Waals surface area contributed by atoms with Crippen molar-refractivity contribution in [1.82, 2.24) is 5.32 Å². The molecule has 0 spiro atoms. The van der Waals surface area contributed by atoms with Crippen LogP contribution in [0.4, 0.5) is 0 Å². The van der Waals surface area contributed by atoms with Gasteiger partial charge in [-0.2, -0.15) is 5.26 Å². The summed E-state index contributed by atoms with van der Waals surface area (Å²) in [6.45, 7) is 4.23. The number of amides is 2. The molecule has 0 radical (unpaired) electrons. The van der Waals surface area contributed by atoms with Crippen molar-refractivity contribution in [2.75, 3.05) is 5.75 Å². The molecule has 0 saturated carbocycles. The van der Waals surface area contributed by atoms with Gasteiger partial charge in [0.1, 0.15) is 0 Å². The molecule has 0 aliphatic carbocycles. The fraction of sp³-hybridized carbons (Fsp3) is 0.353. The number of carbonyl (C=O) groups is 2. The molecule has 0 bridgehead atoms. The van der Waals surface area contributed by atoms with E-state index in [-0.39, 0.29) is 24.0 Å². The van der Waals surface area contributed by atoms with Crippen molar-refractivity contribution in [2.24, 2.45) is 5.73 Å². The fourth-order valence-electron chi connectivity index (χ4n) is 2.47. The number of hydrogen-bond acceptors (Lipinski definition) is 4. The van der Waals surface area contributed by atoms with Gasteiger partial charge in [0, 0.05) is 12.3 Å². The normalized spacial score (nSPS) is 17.8. The first-order valence-corrected chi connectivity index (χ1v) is 8.36. The lowest BCUT2D eigenvalue weighted by Gasteiger charge is -2.25. The van der Waals surface area contributed by atoms with Crippen LogP contribution in [0.15, 0.2) is 34.9 Å². The molecular weight excluding hydrogens is 310 g/mol. The van der Waals surface area contributed by atoms with E-state index in [1.165, 1.54) is 5.56 Å². The SMILES string of the molecule is CC(C)c1ccc([C@@H]2CC(=O)NC(SCC(N)=O)=C2C#N)cc1. The number of primary amides is 1. The van der Waals surface area contributed by atoms with Crippen LogP contribution in [0, 0.1) is 11.3 Å². The maximum absolute atomic E-state index is 12.0. The van der Waals surface area contributed by atoms with Gasteiger partial charge in [0.25, 0.3) is 0 Å². The van der Waals surface area contributed by atoms with Crippen LogP contribution < -0.4 is 11.1 Å². The van der Waals surface area contributed by atoms with Gasteiger partial charge < -0.3 is 11.1 Å². The zero-order valence-corrected chi connectivity index (χ0v) is 13.9. The predicted octanol–water partition coefficient (Wildman–Crippen LogP) is 2.37. The second-order valence-electron chi connectivity index (χ2n) is 5.74. The molecule has 0 fully saturated rings. The molecule has 1 aromatic rings. The van der Waals surface area contributed by atoms with E-state index in [1.807, 2.05) is 24.3 Å². The Labute approximate surface area is 139 Å². The number of carbonyl (C=O) groups excluding carboxylic acids is 2. The summed E-state index contributed by atoms with van der Waals surface area (Å²) >= 11 is 1.10. The molecule has 1 heterocycles. The lowest BCUT2D eigenvalue weighted by molar-refractivity contribution is -0.121. The van der Waals surface area contributed by atoms with Crippen LogP contribution in [0.1, 0.15) is 43.2 Å². The Morgan fingerprint density at radius 1 is 1.43 bits per heavy atom. The molecule has 2 rings (SSSR count). The molecule has 1 atom stereocenters. The highest BCUT2D eigenvalue weighted by molar-refractivity contribution is 8.03. The molecule has 23 heavy (non-hydrogen) atoms. The van der Waals surface area contributed by atoms with E-state index in [0.29, 0.717) is 16.5 Å². The monoisotopic (exact) mass is 329 g/mol. The van der Waals surface area contributed by atoms with Crippen LogP contribution in [-0.4, -0.2) is 17.6 Å². The highest BCUT2D eigenvalue weighted by Gasteiger charge is 2.29. The Hall–Kier alpha value is -2.26. The summed E-state index contributed by atoms with van der Waals surface area (Å²) < 4.78 is 0. The van der Waals surface area contributed by atoms with Gasteiger partial charge in [-0.3, -0.25) is 9.59 Å². The minimum atomic E-state index is -0.488. The summed E-state index contributed by atoms with van der Waals surface area (Å²) in [7, 11) is 0. The minimum Gasteiger partial charge on any atom is -0.369 e. The quantitative estimate of drug-likeness (QED) is 0.867. The first-order chi connectivity index (χ1) is 10.9. The third-order valence-electron chi connectivity index (χ3n) is 3.72. The molecule has 2 amide bonds. The molecule has 5 nitrogen and oxygen atoms in total. The van der Waals surface area contributed by atoms with Gasteiger partial charge in [0.2, 0.25) is 11.8 Å². The molecular formula is C17H19N3O2S. The number of nitrogens with two attached hydrogens (primary N) is 1. The van der Waals surface area contributed by atoms with Crippen LogP contribution in [0.3, 0.4) is 0 Å². The second-order valence-corrected chi connectivity index (χ2v) is 6.72. The Morgan fingerprint density at radius 2 is 2.09 bits per heavy atom. The first kappa shape index (κ1) is 17.1. The Morgan fingerprint density at radius 3 is 2.61 bits per heavy atom. The maximum atomic E-state index is 12.0. The molecule has 120 valence electrons. The average Bonchev–Trinajstić information content (AvgIpc) is 2.52. The van der Waals surface area contributed by atoms with Crippen molar-refractivity contribution in [3.8, 4) is 6.07 Å². The third-order valence-corrected chi connectivity index (χ3v) is 4.76. The number of nitriles is 1. The molecule has 0 unspecified atom stereocenters. The zero-order valence-electron chi connectivity index (χ0n) is 13.1. The van der Waals surface area contributed by atoms with Gasteiger partial charge in [-0.15, -0.1) is 0 Å². The van der Waals surface area contributed by atoms with Crippen molar-refractivity contribution in [3.05, 3.63) is 46.0 Å². The van der Waals surface area contributed by atoms with Crippen LogP contribution in [0.25, 0.3) is 0 Å². The van der Waals surface area contributed by atoms with Gasteiger partial charge in [-0.1, -0.05) is 49.9 Å². The number of allylic oxidation sites excluding steroid dienone is 1. The van der Waals surface area contributed by atoms with E-state index in [0.717, 1.165) is 17.3 Å². The number of benzene rings is 1. The predicted molar refractivity (Wildman–Crippen MR) is 90.3 cm³/mol. The van der Waals surface area contributed by atoms with Crippen molar-refractivity contribution in [2.45, 2.75) is 32.1 Å². The largest absolute Gasteiger partial charge is 0.369 e. The van der Waals surface area contributed by atoms with Gasteiger partial charge in [0.05, 0.1) is 22.4 Å². The first-order valence-electron chi connectivity index (χ1n) is 7.37. The molecule has 6 heteroatoms. The van der Waals surface area contributed by atoms with Crippen LogP contribution in [0.5, 0.6) is 0 Å². The van der Waals surface area contributed by atoms with Crippen molar-refractivity contribution >= 4 is 23.6 Å². The smallest absolute Gasteiger partial charge is 0.227 e. The Bertz CT molecular complexity index is 687. The number of nitrogens with zero attached hydrogens (tertiary/aromatic N) is 1. The maximum Gasteiger partial charge on any atom is 0.227 e. The summed E-state index contributed by atoms with van der Waals surface area (Å²) in [5.41, 5.74) is 7.76. The summed E-state index contributed by atoms with van der Waals surface area (Å²) in [5.74, 6) is -0.483. The van der Waals surface area contributed by atoms with Crippen LogP contribution in [-0.2, 0) is 9.59 Å². The van der Waals surface area contributed by atoms with Gasteiger partial charge in [0.15, 0.2) is 0 Å². The summed E-state index contributed by atoms with van der Waals surface area (Å²) in [4.78, 5) is 22.9. The van der Waals surface area contributed by atoms with Crippen LogP contribution in [0.2, 0.25) is 0 Å². The number of nitrogens with one attached hydrogen (secondary N) is 1. The lowest BCUT2D eigenvalue weighted by Crippen LogP contribution is -2.31. The number of rotatable bonds is 5. The van der Waals surface area contributed by atoms with Crippen molar-refractivity contribution in [1.29, 1.82) is 5.26 Å². The summed E-state index contributed by atoms with van der Waals surface area (Å²) in [6, 6.07) is 10.2. The Kier molecular flexibility index (Phi) is 5.45. The zero-order chi connectivity index (χ0) is 17.0.